The van der Waals surface area contributed by atoms with E-state index < -0.39 is 18.3 Å². The van der Waals surface area contributed by atoms with Gasteiger partial charge >= 0.3 is 0 Å². The number of likely N-dealkylation sites (tertiary alicyclic amines) is 1. The molecule has 0 saturated carbocycles. The summed E-state index contributed by atoms with van der Waals surface area (Å²) >= 11 is 0. The van der Waals surface area contributed by atoms with Crippen LogP contribution in [0, 0.1) is 5.82 Å². The third-order valence-corrected chi connectivity index (χ3v) is 5.54. The number of hydrogen-bond donors (Lipinski definition) is 2. The molecule has 2 saturated heterocycles. The number of rotatable bonds is 5. The molecule has 0 radical (unpaired) electrons. The van der Waals surface area contributed by atoms with Crippen LogP contribution in [0.4, 0.5) is 19.1 Å². The summed E-state index contributed by atoms with van der Waals surface area (Å²) in [6.07, 6.45) is 0.384. The average Bonchev–Trinajstić information content (AvgIpc) is 3.00. The SMILES string of the molecule is O[C@@H]1COCC[C@H]1Nc1ncc2c(F)cc(C3CCN(CC(F)F)CC3)n2n1. The van der Waals surface area contributed by atoms with E-state index in [0.29, 0.717) is 44.9 Å². The molecule has 10 heteroatoms. The summed E-state index contributed by atoms with van der Waals surface area (Å²) in [7, 11) is 0. The maximum atomic E-state index is 14.4. The molecular formula is C18H24F3N5O2. The van der Waals surface area contributed by atoms with Gasteiger partial charge in [-0.05, 0) is 38.4 Å². The van der Waals surface area contributed by atoms with Crippen molar-refractivity contribution in [2.75, 3.05) is 38.2 Å². The third-order valence-electron chi connectivity index (χ3n) is 5.54. The van der Waals surface area contributed by atoms with Crippen molar-refractivity contribution >= 4 is 11.5 Å². The fraction of sp³-hybridized carbons (Fsp3) is 0.667. The lowest BCUT2D eigenvalue weighted by molar-refractivity contribution is -0.0136. The zero-order valence-electron chi connectivity index (χ0n) is 15.4. The molecule has 7 nitrogen and oxygen atoms in total. The van der Waals surface area contributed by atoms with Crippen molar-refractivity contribution in [3.63, 3.8) is 0 Å². The summed E-state index contributed by atoms with van der Waals surface area (Å²) in [6, 6.07) is 1.23. The number of aliphatic hydroxyl groups is 1. The first kappa shape index (κ1) is 19.4. The largest absolute Gasteiger partial charge is 0.389 e. The van der Waals surface area contributed by atoms with Crippen LogP contribution >= 0.6 is 0 Å². The van der Waals surface area contributed by atoms with Crippen LogP contribution in [0.1, 0.15) is 30.9 Å². The highest BCUT2D eigenvalue weighted by Crippen LogP contribution is 2.30. The Bertz CT molecular complexity index is 810. The second-order valence-electron chi connectivity index (χ2n) is 7.44. The number of halogens is 3. The summed E-state index contributed by atoms with van der Waals surface area (Å²) in [5.41, 5.74) is 1.00. The lowest BCUT2D eigenvalue weighted by Gasteiger charge is -2.31. The van der Waals surface area contributed by atoms with Gasteiger partial charge in [-0.1, -0.05) is 0 Å². The minimum atomic E-state index is -2.34. The smallest absolute Gasteiger partial charge is 0.251 e. The fourth-order valence-electron chi connectivity index (χ4n) is 4.00. The van der Waals surface area contributed by atoms with Crippen molar-refractivity contribution in [2.24, 2.45) is 0 Å². The molecule has 0 amide bonds. The monoisotopic (exact) mass is 399 g/mol. The Labute approximate surface area is 160 Å². The molecule has 0 bridgehead atoms. The highest BCUT2D eigenvalue weighted by Gasteiger charge is 2.27. The number of hydrogen-bond acceptors (Lipinski definition) is 6. The van der Waals surface area contributed by atoms with Crippen LogP contribution < -0.4 is 5.32 Å². The first-order chi connectivity index (χ1) is 13.5. The lowest BCUT2D eigenvalue weighted by atomic mass is 9.93. The van der Waals surface area contributed by atoms with Gasteiger partial charge in [-0.3, -0.25) is 4.90 Å². The van der Waals surface area contributed by atoms with E-state index in [2.05, 4.69) is 15.4 Å². The molecule has 2 aromatic heterocycles. The van der Waals surface area contributed by atoms with E-state index in [1.165, 1.54) is 12.3 Å². The molecule has 2 atom stereocenters. The van der Waals surface area contributed by atoms with Crippen molar-refractivity contribution in [3.8, 4) is 0 Å². The number of fused-ring (bicyclic) bond motifs is 1. The van der Waals surface area contributed by atoms with Gasteiger partial charge in [0.15, 0.2) is 5.82 Å². The number of nitrogens with one attached hydrogen (secondary N) is 1. The van der Waals surface area contributed by atoms with Gasteiger partial charge in [-0.2, -0.15) is 0 Å². The van der Waals surface area contributed by atoms with Crippen LogP contribution in [0.15, 0.2) is 12.3 Å². The van der Waals surface area contributed by atoms with Crippen molar-refractivity contribution in [2.45, 2.75) is 43.8 Å². The number of piperidine rings is 1. The highest BCUT2D eigenvalue weighted by molar-refractivity contribution is 5.50. The molecule has 2 aliphatic rings. The van der Waals surface area contributed by atoms with Crippen LogP contribution in [0.5, 0.6) is 0 Å². The highest BCUT2D eigenvalue weighted by atomic mass is 19.3. The summed E-state index contributed by atoms with van der Waals surface area (Å²) in [4.78, 5) is 5.91. The second kappa shape index (κ2) is 8.22. The molecular weight excluding hydrogens is 375 g/mol. The van der Waals surface area contributed by atoms with E-state index in [1.54, 1.807) is 9.42 Å². The number of ether oxygens (including phenoxy) is 1. The Balaban J connectivity index is 1.52. The van der Waals surface area contributed by atoms with Crippen LogP contribution in [0.25, 0.3) is 5.52 Å². The number of alkyl halides is 2. The topological polar surface area (TPSA) is 74.9 Å². The molecule has 2 aliphatic heterocycles. The van der Waals surface area contributed by atoms with Gasteiger partial charge in [-0.25, -0.2) is 22.7 Å². The molecule has 2 fully saturated rings. The van der Waals surface area contributed by atoms with E-state index in [-0.39, 0.29) is 30.6 Å². The predicted octanol–water partition coefficient (Wildman–Crippen LogP) is 1.87. The van der Waals surface area contributed by atoms with E-state index in [9.17, 15) is 18.3 Å². The molecule has 0 aromatic carbocycles. The van der Waals surface area contributed by atoms with Gasteiger partial charge in [0.1, 0.15) is 5.52 Å². The first-order valence-electron chi connectivity index (χ1n) is 9.58. The molecule has 0 aliphatic carbocycles. The maximum Gasteiger partial charge on any atom is 0.251 e. The van der Waals surface area contributed by atoms with Crippen LogP contribution in [0.3, 0.4) is 0 Å². The molecule has 2 aromatic rings. The maximum absolute atomic E-state index is 14.4. The molecule has 2 N–H and O–H groups in total. The Morgan fingerprint density at radius 3 is 2.79 bits per heavy atom. The Morgan fingerprint density at radius 1 is 1.29 bits per heavy atom. The van der Waals surface area contributed by atoms with Crippen LogP contribution in [-0.4, -0.2) is 76.0 Å². The van der Waals surface area contributed by atoms with Gasteiger partial charge in [0.2, 0.25) is 5.95 Å². The summed E-state index contributed by atoms with van der Waals surface area (Å²) in [5.74, 6) is -0.0459. The summed E-state index contributed by atoms with van der Waals surface area (Å²) in [5, 5.41) is 17.6. The molecule has 4 heterocycles. The first-order valence-corrected chi connectivity index (χ1v) is 9.58. The minimum absolute atomic E-state index is 0.0438. The van der Waals surface area contributed by atoms with E-state index in [4.69, 9.17) is 4.74 Å². The quantitative estimate of drug-likeness (QED) is 0.800. The minimum Gasteiger partial charge on any atom is -0.389 e. The molecule has 0 spiro atoms. The van der Waals surface area contributed by atoms with Crippen molar-refractivity contribution in [3.05, 3.63) is 23.8 Å². The number of aliphatic hydroxyl groups excluding tert-OH is 1. The summed E-state index contributed by atoms with van der Waals surface area (Å²) < 4.78 is 46.3. The zero-order chi connectivity index (χ0) is 19.7. The molecule has 4 rings (SSSR count). The van der Waals surface area contributed by atoms with E-state index in [0.717, 1.165) is 5.69 Å². The Morgan fingerprint density at radius 2 is 2.07 bits per heavy atom. The molecule has 28 heavy (non-hydrogen) atoms. The van der Waals surface area contributed by atoms with Crippen LogP contribution in [0.2, 0.25) is 0 Å². The van der Waals surface area contributed by atoms with Gasteiger partial charge in [-0.15, -0.1) is 5.10 Å². The molecule has 0 unspecified atom stereocenters. The summed E-state index contributed by atoms with van der Waals surface area (Å²) in [6.45, 7) is 1.67. The second-order valence-corrected chi connectivity index (χ2v) is 7.44. The number of aromatic nitrogens is 3. The Hall–Kier alpha value is -1.91. The molecule has 154 valence electrons. The predicted molar refractivity (Wildman–Crippen MR) is 96.2 cm³/mol. The van der Waals surface area contributed by atoms with Gasteiger partial charge in [0, 0.05) is 18.2 Å². The van der Waals surface area contributed by atoms with Gasteiger partial charge in [0.25, 0.3) is 6.43 Å². The third kappa shape index (κ3) is 4.08. The van der Waals surface area contributed by atoms with Gasteiger partial charge in [0.05, 0.1) is 31.5 Å². The Kier molecular flexibility index (Phi) is 5.70. The lowest BCUT2D eigenvalue weighted by Crippen LogP contribution is -2.42. The number of nitrogens with zero attached hydrogens (tertiary/aromatic N) is 4. The van der Waals surface area contributed by atoms with Crippen molar-refractivity contribution < 1.29 is 23.0 Å². The normalized spacial score (nSPS) is 24.9. The average molecular weight is 399 g/mol. The van der Waals surface area contributed by atoms with Crippen molar-refractivity contribution in [1.29, 1.82) is 0 Å². The van der Waals surface area contributed by atoms with E-state index >= 15 is 0 Å². The number of anilines is 1. The van der Waals surface area contributed by atoms with Crippen LogP contribution in [-0.2, 0) is 4.74 Å². The van der Waals surface area contributed by atoms with Gasteiger partial charge < -0.3 is 15.2 Å². The van der Waals surface area contributed by atoms with Crippen molar-refractivity contribution in [1.82, 2.24) is 19.5 Å². The fourth-order valence-corrected chi connectivity index (χ4v) is 4.00. The standard InChI is InChI=1S/C18H24F3N5O2/c19-12-7-14(11-1-4-25(5-2-11)9-17(20)21)26-15(12)8-22-18(24-26)23-13-3-6-28-10-16(13)27/h7-8,11,13,16-17,27H,1-6,9-10H2,(H,23,24)/t13-,16-/m1/s1. The van der Waals surface area contributed by atoms with E-state index in [1.807, 2.05) is 0 Å². The zero-order valence-corrected chi connectivity index (χ0v) is 15.4.